The van der Waals surface area contributed by atoms with E-state index >= 15 is 0 Å². The topological polar surface area (TPSA) is 36.9 Å². The number of hydrogen-bond acceptors (Lipinski definition) is 4. The summed E-state index contributed by atoms with van der Waals surface area (Å²) in [4.78, 5) is 22.6. The van der Waals surface area contributed by atoms with Crippen molar-refractivity contribution in [3.8, 4) is 0 Å². The Morgan fingerprint density at radius 2 is 0.905 bits per heavy atom. The van der Waals surface area contributed by atoms with E-state index in [1.165, 1.54) is 0 Å². The SMILES string of the molecule is CCCCC(CCCC)(OOC(C)(C)C)OOC(C)(C)C. The highest BCUT2D eigenvalue weighted by Crippen LogP contribution is 2.31. The monoisotopic (exact) mass is 304 g/mol. The molecule has 0 fully saturated rings. The molecule has 0 spiro atoms. The van der Waals surface area contributed by atoms with Gasteiger partial charge in [-0.3, -0.25) is 0 Å². The lowest BCUT2D eigenvalue weighted by Gasteiger charge is -2.35. The Hall–Kier alpha value is -0.160. The van der Waals surface area contributed by atoms with Crippen LogP contribution in [0.4, 0.5) is 0 Å². The summed E-state index contributed by atoms with van der Waals surface area (Å²) in [7, 11) is 0. The first-order valence-corrected chi connectivity index (χ1v) is 8.27. The van der Waals surface area contributed by atoms with Crippen molar-refractivity contribution in [2.24, 2.45) is 0 Å². The molecule has 4 heteroatoms. The summed E-state index contributed by atoms with van der Waals surface area (Å²) in [6.07, 6.45) is 5.68. The highest BCUT2D eigenvalue weighted by Gasteiger charge is 2.37. The molecule has 0 aliphatic carbocycles. The van der Waals surface area contributed by atoms with Crippen LogP contribution < -0.4 is 0 Å². The molecule has 0 bridgehead atoms. The third-order valence-corrected chi connectivity index (χ3v) is 2.71. The highest BCUT2D eigenvalue weighted by atomic mass is 17.3. The summed E-state index contributed by atoms with van der Waals surface area (Å²) < 4.78 is 0. The Kier molecular flexibility index (Phi) is 9.02. The van der Waals surface area contributed by atoms with E-state index in [0.29, 0.717) is 0 Å². The molecule has 0 amide bonds. The van der Waals surface area contributed by atoms with Crippen LogP contribution in [0.3, 0.4) is 0 Å². The van der Waals surface area contributed by atoms with Crippen molar-refractivity contribution in [1.82, 2.24) is 0 Å². The van der Waals surface area contributed by atoms with E-state index in [1.54, 1.807) is 0 Å². The summed E-state index contributed by atoms with van der Waals surface area (Å²) in [5.74, 6) is -0.827. The van der Waals surface area contributed by atoms with Gasteiger partial charge >= 0.3 is 0 Å². The second-order valence-corrected chi connectivity index (χ2v) is 7.68. The van der Waals surface area contributed by atoms with E-state index in [1.807, 2.05) is 41.5 Å². The van der Waals surface area contributed by atoms with Gasteiger partial charge < -0.3 is 0 Å². The molecule has 0 radical (unpaired) electrons. The van der Waals surface area contributed by atoms with Crippen LogP contribution >= 0.6 is 0 Å². The largest absolute Gasteiger partial charge is 0.234 e. The third kappa shape index (κ3) is 11.1. The number of rotatable bonds is 10. The van der Waals surface area contributed by atoms with Crippen molar-refractivity contribution >= 4 is 0 Å². The molecule has 0 aromatic carbocycles. The summed E-state index contributed by atoms with van der Waals surface area (Å²) in [5, 5.41) is 0. The second-order valence-electron chi connectivity index (χ2n) is 7.68. The Balaban J connectivity index is 4.91. The van der Waals surface area contributed by atoms with E-state index in [-0.39, 0.29) is 11.2 Å². The van der Waals surface area contributed by atoms with Gasteiger partial charge in [-0.25, -0.2) is 9.78 Å². The van der Waals surface area contributed by atoms with Crippen molar-refractivity contribution in [2.45, 2.75) is 111 Å². The highest BCUT2D eigenvalue weighted by molar-refractivity contribution is 4.69. The second kappa shape index (κ2) is 9.09. The average Bonchev–Trinajstić information content (AvgIpc) is 2.35. The van der Waals surface area contributed by atoms with Crippen molar-refractivity contribution in [3.05, 3.63) is 0 Å². The molecule has 0 heterocycles. The van der Waals surface area contributed by atoms with Gasteiger partial charge in [-0.15, -0.1) is 0 Å². The summed E-state index contributed by atoms with van der Waals surface area (Å²) in [6, 6.07) is 0. The van der Waals surface area contributed by atoms with Gasteiger partial charge in [0, 0.05) is 12.8 Å². The van der Waals surface area contributed by atoms with Crippen LogP contribution in [0.15, 0.2) is 0 Å². The Morgan fingerprint density at radius 3 is 1.14 bits per heavy atom. The molecule has 0 saturated carbocycles. The standard InChI is InChI=1S/C17H36O4/c1-9-11-13-17(14-12-10-2,20-18-15(3,4)5)21-19-16(6,7)8/h9-14H2,1-8H3. The van der Waals surface area contributed by atoms with E-state index in [9.17, 15) is 0 Å². The predicted molar refractivity (Wildman–Crippen MR) is 85.6 cm³/mol. The molecule has 0 aromatic rings. The van der Waals surface area contributed by atoms with Crippen LogP contribution in [-0.4, -0.2) is 17.0 Å². The molecule has 4 nitrogen and oxygen atoms in total. The lowest BCUT2D eigenvalue weighted by molar-refractivity contribution is -0.543. The molecule has 0 N–H and O–H groups in total. The lowest BCUT2D eigenvalue weighted by atomic mass is 10.0. The van der Waals surface area contributed by atoms with Gasteiger partial charge in [0.05, 0.1) is 11.2 Å². The Labute approximate surface area is 131 Å². The molecule has 21 heavy (non-hydrogen) atoms. The maximum atomic E-state index is 5.75. The molecule has 0 rings (SSSR count). The smallest absolute Gasteiger partial charge is 0.228 e. The van der Waals surface area contributed by atoms with E-state index in [2.05, 4.69) is 13.8 Å². The summed E-state index contributed by atoms with van der Waals surface area (Å²) in [5.41, 5.74) is -0.760. The minimum Gasteiger partial charge on any atom is -0.228 e. The van der Waals surface area contributed by atoms with Crippen LogP contribution in [0.5, 0.6) is 0 Å². The molecule has 0 aliphatic rings. The molecule has 0 aromatic heterocycles. The predicted octanol–water partition coefficient (Wildman–Crippen LogP) is 5.56. The van der Waals surface area contributed by atoms with Gasteiger partial charge in [-0.1, -0.05) is 26.7 Å². The van der Waals surface area contributed by atoms with E-state index < -0.39 is 5.79 Å². The molecule has 128 valence electrons. The van der Waals surface area contributed by atoms with Crippen LogP contribution in [0.25, 0.3) is 0 Å². The van der Waals surface area contributed by atoms with Crippen LogP contribution in [-0.2, 0) is 19.6 Å². The van der Waals surface area contributed by atoms with Crippen molar-refractivity contribution in [3.63, 3.8) is 0 Å². The maximum absolute atomic E-state index is 5.75. The molecule has 0 aliphatic heterocycles. The van der Waals surface area contributed by atoms with Gasteiger partial charge in [0.2, 0.25) is 5.79 Å². The summed E-state index contributed by atoms with van der Waals surface area (Å²) in [6.45, 7) is 16.1. The van der Waals surface area contributed by atoms with Gasteiger partial charge in [0.1, 0.15) is 0 Å². The van der Waals surface area contributed by atoms with Crippen LogP contribution in [0.2, 0.25) is 0 Å². The minimum absolute atomic E-state index is 0.380. The zero-order valence-corrected chi connectivity index (χ0v) is 15.4. The fourth-order valence-corrected chi connectivity index (χ4v) is 1.60. The molecular weight excluding hydrogens is 268 g/mol. The quantitative estimate of drug-likeness (QED) is 0.301. The van der Waals surface area contributed by atoms with Crippen LogP contribution in [0.1, 0.15) is 93.9 Å². The fraction of sp³-hybridized carbons (Fsp3) is 1.00. The molecule has 0 atom stereocenters. The minimum atomic E-state index is -0.827. The fourth-order valence-electron chi connectivity index (χ4n) is 1.60. The Morgan fingerprint density at radius 1 is 0.571 bits per heavy atom. The van der Waals surface area contributed by atoms with Crippen molar-refractivity contribution in [2.75, 3.05) is 0 Å². The first-order valence-electron chi connectivity index (χ1n) is 8.27. The zero-order valence-electron chi connectivity index (χ0n) is 15.4. The third-order valence-electron chi connectivity index (χ3n) is 2.71. The molecule has 0 saturated heterocycles. The van der Waals surface area contributed by atoms with Crippen LogP contribution in [0, 0.1) is 0 Å². The molecule has 0 unspecified atom stereocenters. The first kappa shape index (κ1) is 20.8. The van der Waals surface area contributed by atoms with E-state index in [0.717, 1.165) is 38.5 Å². The van der Waals surface area contributed by atoms with Crippen molar-refractivity contribution < 1.29 is 19.6 Å². The van der Waals surface area contributed by atoms with Crippen molar-refractivity contribution in [1.29, 1.82) is 0 Å². The normalized spacial score (nSPS) is 13.7. The van der Waals surface area contributed by atoms with Gasteiger partial charge in [-0.05, 0) is 54.4 Å². The van der Waals surface area contributed by atoms with Gasteiger partial charge in [0.25, 0.3) is 0 Å². The number of hydrogen-bond donors (Lipinski definition) is 0. The Bertz CT molecular complexity index is 235. The first-order chi connectivity index (χ1) is 9.54. The lowest BCUT2D eigenvalue weighted by Crippen LogP contribution is -2.41. The van der Waals surface area contributed by atoms with Gasteiger partial charge in [0.15, 0.2) is 0 Å². The average molecular weight is 304 g/mol. The maximum Gasteiger partial charge on any atom is 0.234 e. The zero-order chi connectivity index (χ0) is 16.6. The number of unbranched alkanes of at least 4 members (excludes halogenated alkanes) is 2. The summed E-state index contributed by atoms with van der Waals surface area (Å²) >= 11 is 0. The molecular formula is C17H36O4. The van der Waals surface area contributed by atoms with E-state index in [4.69, 9.17) is 19.6 Å². The van der Waals surface area contributed by atoms with Gasteiger partial charge in [-0.2, -0.15) is 9.78 Å².